The molecule has 3 rings (SSSR count). The lowest BCUT2D eigenvalue weighted by Gasteiger charge is -2.21. The van der Waals surface area contributed by atoms with Crippen LogP contribution in [0.5, 0.6) is 0 Å². The molecular formula is C17H22BrN3O2. The van der Waals surface area contributed by atoms with E-state index in [4.69, 9.17) is 0 Å². The van der Waals surface area contributed by atoms with E-state index in [0.29, 0.717) is 32.5 Å². The van der Waals surface area contributed by atoms with Crippen LogP contribution < -0.4 is 5.32 Å². The summed E-state index contributed by atoms with van der Waals surface area (Å²) in [6, 6.07) is 5.97. The number of H-pyrrole nitrogens is 1. The molecule has 6 heteroatoms. The Morgan fingerprint density at radius 3 is 3.09 bits per heavy atom. The first kappa shape index (κ1) is 16.3. The number of benzene rings is 1. The van der Waals surface area contributed by atoms with E-state index in [0.717, 1.165) is 16.4 Å². The maximum absolute atomic E-state index is 12.2. The van der Waals surface area contributed by atoms with Gasteiger partial charge < -0.3 is 20.3 Å². The van der Waals surface area contributed by atoms with Crippen molar-refractivity contribution in [1.82, 2.24) is 15.2 Å². The lowest BCUT2D eigenvalue weighted by atomic mass is 10.0. The van der Waals surface area contributed by atoms with Crippen LogP contribution in [-0.4, -0.2) is 46.3 Å². The molecule has 124 valence electrons. The van der Waals surface area contributed by atoms with Crippen LogP contribution in [0.25, 0.3) is 10.9 Å². The summed E-state index contributed by atoms with van der Waals surface area (Å²) in [6.45, 7) is 3.58. The zero-order valence-corrected chi connectivity index (χ0v) is 14.8. The number of urea groups is 1. The minimum absolute atomic E-state index is 0.0896. The fraction of sp³-hybridized carbons (Fsp3) is 0.471. The molecule has 1 fully saturated rings. The number of nitrogens with zero attached hydrogens (tertiary/aromatic N) is 1. The topological polar surface area (TPSA) is 68.4 Å². The first-order valence-electron chi connectivity index (χ1n) is 8.02. The number of carbonyl (C=O) groups excluding carboxylic acids is 1. The molecule has 2 amide bonds. The standard InChI is InChI=1S/C17H22BrN3O2/c1-2-17(23)7-9-21(11-17)16(22)19-8-6-12-10-20-14-5-3-4-13(18)15(12)14/h3-5,10,20,23H,2,6-9,11H2,1H3,(H,19,22). The number of hydrogen-bond acceptors (Lipinski definition) is 2. The van der Waals surface area contributed by atoms with Gasteiger partial charge in [0.15, 0.2) is 0 Å². The van der Waals surface area contributed by atoms with Crippen LogP contribution in [0.3, 0.4) is 0 Å². The van der Waals surface area contributed by atoms with Gasteiger partial charge in [-0.2, -0.15) is 0 Å². The molecular weight excluding hydrogens is 358 g/mol. The van der Waals surface area contributed by atoms with Gasteiger partial charge in [-0.3, -0.25) is 0 Å². The number of nitrogens with one attached hydrogen (secondary N) is 2. The lowest BCUT2D eigenvalue weighted by molar-refractivity contribution is 0.0486. The number of rotatable bonds is 4. The molecule has 0 saturated carbocycles. The van der Waals surface area contributed by atoms with E-state index in [1.54, 1.807) is 4.90 Å². The number of carbonyl (C=O) groups is 1. The van der Waals surface area contributed by atoms with Gasteiger partial charge >= 0.3 is 6.03 Å². The molecule has 0 radical (unpaired) electrons. The second-order valence-corrected chi connectivity index (χ2v) is 7.06. The summed E-state index contributed by atoms with van der Waals surface area (Å²) in [4.78, 5) is 17.2. The van der Waals surface area contributed by atoms with E-state index in [2.05, 4.69) is 26.2 Å². The lowest BCUT2D eigenvalue weighted by Crippen LogP contribution is -2.42. The number of fused-ring (bicyclic) bond motifs is 1. The second kappa shape index (κ2) is 6.53. The summed E-state index contributed by atoms with van der Waals surface area (Å²) in [6.07, 6.45) is 4.10. The number of aromatic nitrogens is 1. The van der Waals surface area contributed by atoms with Crippen molar-refractivity contribution < 1.29 is 9.90 Å². The van der Waals surface area contributed by atoms with E-state index in [9.17, 15) is 9.90 Å². The maximum Gasteiger partial charge on any atom is 0.317 e. The van der Waals surface area contributed by atoms with Crippen molar-refractivity contribution in [2.24, 2.45) is 0 Å². The Hall–Kier alpha value is -1.53. The number of aliphatic hydroxyl groups is 1. The normalized spacial score (nSPS) is 21.1. The minimum Gasteiger partial charge on any atom is -0.388 e. The summed E-state index contributed by atoms with van der Waals surface area (Å²) in [5.74, 6) is 0. The number of halogens is 1. The molecule has 1 aliphatic rings. The zero-order chi connectivity index (χ0) is 16.4. The predicted molar refractivity (Wildman–Crippen MR) is 94.5 cm³/mol. The van der Waals surface area contributed by atoms with Crippen LogP contribution in [0, 0.1) is 0 Å². The molecule has 5 nitrogen and oxygen atoms in total. The smallest absolute Gasteiger partial charge is 0.317 e. The van der Waals surface area contributed by atoms with Gasteiger partial charge in [0.05, 0.1) is 12.1 Å². The monoisotopic (exact) mass is 379 g/mol. The first-order valence-corrected chi connectivity index (χ1v) is 8.81. The molecule has 1 aromatic heterocycles. The molecule has 1 saturated heterocycles. The van der Waals surface area contributed by atoms with Gasteiger partial charge in [-0.1, -0.05) is 28.9 Å². The van der Waals surface area contributed by atoms with Gasteiger partial charge in [-0.25, -0.2) is 4.79 Å². The number of β-amino-alcohol motifs (C(OH)–C–C–N with tert-alkyl or cyclic N) is 1. The van der Waals surface area contributed by atoms with Crippen molar-refractivity contribution in [2.45, 2.75) is 31.8 Å². The summed E-state index contributed by atoms with van der Waals surface area (Å²) >= 11 is 3.58. The highest BCUT2D eigenvalue weighted by Crippen LogP contribution is 2.27. The third-order valence-corrected chi connectivity index (χ3v) is 5.35. The van der Waals surface area contributed by atoms with Crippen molar-refractivity contribution >= 4 is 32.9 Å². The largest absolute Gasteiger partial charge is 0.388 e. The van der Waals surface area contributed by atoms with Crippen molar-refractivity contribution in [3.63, 3.8) is 0 Å². The fourth-order valence-electron chi connectivity index (χ4n) is 3.14. The third kappa shape index (κ3) is 3.38. The van der Waals surface area contributed by atoms with Gasteiger partial charge in [0.2, 0.25) is 0 Å². The Bertz CT molecular complexity index is 715. The minimum atomic E-state index is -0.709. The molecule has 0 bridgehead atoms. The highest BCUT2D eigenvalue weighted by Gasteiger charge is 2.36. The van der Waals surface area contributed by atoms with Gasteiger partial charge in [-0.15, -0.1) is 0 Å². The first-order chi connectivity index (χ1) is 11.0. The number of amides is 2. The van der Waals surface area contributed by atoms with Crippen molar-refractivity contribution in [2.75, 3.05) is 19.6 Å². The molecule has 1 aliphatic heterocycles. The quantitative estimate of drug-likeness (QED) is 0.763. The molecule has 1 aromatic carbocycles. The highest BCUT2D eigenvalue weighted by molar-refractivity contribution is 9.10. The van der Waals surface area contributed by atoms with Gasteiger partial charge in [0, 0.05) is 34.7 Å². The molecule has 2 aromatic rings. The summed E-state index contributed by atoms with van der Waals surface area (Å²) in [5, 5.41) is 14.3. The SMILES string of the molecule is CCC1(O)CCN(C(=O)NCCc2c[nH]c3cccc(Br)c23)C1. The zero-order valence-electron chi connectivity index (χ0n) is 13.2. The van der Waals surface area contributed by atoms with Crippen LogP contribution in [0.15, 0.2) is 28.9 Å². The second-order valence-electron chi connectivity index (χ2n) is 6.21. The molecule has 0 spiro atoms. The van der Waals surface area contributed by atoms with Crippen molar-refractivity contribution in [3.05, 3.63) is 34.4 Å². The van der Waals surface area contributed by atoms with Crippen molar-refractivity contribution in [1.29, 1.82) is 0 Å². The Balaban J connectivity index is 1.56. The number of hydrogen-bond donors (Lipinski definition) is 3. The van der Waals surface area contributed by atoms with Crippen LogP contribution in [-0.2, 0) is 6.42 Å². The summed E-state index contributed by atoms with van der Waals surface area (Å²) in [5.41, 5.74) is 1.56. The van der Waals surface area contributed by atoms with E-state index in [-0.39, 0.29) is 6.03 Å². The van der Waals surface area contributed by atoms with Crippen molar-refractivity contribution in [3.8, 4) is 0 Å². The van der Waals surface area contributed by atoms with E-state index in [1.807, 2.05) is 31.3 Å². The molecule has 1 atom stereocenters. The number of aromatic amines is 1. The van der Waals surface area contributed by atoms with E-state index < -0.39 is 5.60 Å². The fourth-order valence-corrected chi connectivity index (χ4v) is 3.76. The van der Waals surface area contributed by atoms with Crippen LogP contribution in [0.4, 0.5) is 4.79 Å². The molecule has 1 unspecified atom stereocenters. The summed E-state index contributed by atoms with van der Waals surface area (Å²) < 4.78 is 1.06. The Labute approximate surface area is 144 Å². The predicted octanol–water partition coefficient (Wildman–Crippen LogP) is 3.03. The van der Waals surface area contributed by atoms with Gasteiger partial charge in [-0.05, 0) is 37.0 Å². The Kier molecular flexibility index (Phi) is 4.64. The molecule has 23 heavy (non-hydrogen) atoms. The molecule has 0 aliphatic carbocycles. The summed E-state index contributed by atoms with van der Waals surface area (Å²) in [7, 11) is 0. The maximum atomic E-state index is 12.2. The van der Waals surface area contributed by atoms with Crippen LogP contribution >= 0.6 is 15.9 Å². The Morgan fingerprint density at radius 1 is 1.52 bits per heavy atom. The van der Waals surface area contributed by atoms with Gasteiger partial charge in [0.1, 0.15) is 0 Å². The van der Waals surface area contributed by atoms with E-state index >= 15 is 0 Å². The van der Waals surface area contributed by atoms with Crippen LogP contribution in [0.1, 0.15) is 25.3 Å². The van der Waals surface area contributed by atoms with Crippen LogP contribution in [0.2, 0.25) is 0 Å². The third-order valence-electron chi connectivity index (χ3n) is 4.68. The molecule has 3 N–H and O–H groups in total. The average Bonchev–Trinajstić information content (AvgIpc) is 3.13. The Morgan fingerprint density at radius 2 is 2.35 bits per heavy atom. The highest BCUT2D eigenvalue weighted by atomic mass is 79.9. The molecule has 2 heterocycles. The van der Waals surface area contributed by atoms with Gasteiger partial charge in [0.25, 0.3) is 0 Å². The average molecular weight is 380 g/mol. The number of likely N-dealkylation sites (tertiary alicyclic amines) is 1. The van der Waals surface area contributed by atoms with E-state index in [1.165, 1.54) is 10.9 Å².